The van der Waals surface area contributed by atoms with Crippen molar-refractivity contribution in [3.63, 3.8) is 0 Å². The van der Waals surface area contributed by atoms with E-state index in [0.29, 0.717) is 5.41 Å². The third kappa shape index (κ3) is 2.10. The van der Waals surface area contributed by atoms with Crippen molar-refractivity contribution in [2.24, 2.45) is 0 Å². The first-order chi connectivity index (χ1) is 5.67. The van der Waals surface area contributed by atoms with Gasteiger partial charge in [0.15, 0.2) is 0 Å². The highest BCUT2D eigenvalue weighted by Gasteiger charge is 2.18. The first-order valence-corrected chi connectivity index (χ1v) is 4.63. The second-order valence-electron chi connectivity index (χ2n) is 3.92. The van der Waals surface area contributed by atoms with Crippen LogP contribution >= 0.6 is 0 Å². The molecule has 0 amide bonds. The summed E-state index contributed by atoms with van der Waals surface area (Å²) in [5.41, 5.74) is 1.74. The number of rotatable bonds is 3. The summed E-state index contributed by atoms with van der Waals surface area (Å²) in [4.78, 5) is 0. The molecule has 0 aliphatic heterocycles. The van der Waals surface area contributed by atoms with Gasteiger partial charge in [0.1, 0.15) is 0 Å². The van der Waals surface area contributed by atoms with Crippen molar-refractivity contribution in [2.75, 3.05) is 0 Å². The minimum absolute atomic E-state index is 0.323. The molecule has 1 radical (unpaired) electrons. The molecule has 0 saturated carbocycles. The van der Waals surface area contributed by atoms with Gasteiger partial charge in [0, 0.05) is 0 Å². The zero-order valence-corrected chi connectivity index (χ0v) is 8.22. The molecule has 0 aliphatic carbocycles. The van der Waals surface area contributed by atoms with Crippen molar-refractivity contribution in [3.05, 3.63) is 35.9 Å². The molecule has 12 heavy (non-hydrogen) atoms. The zero-order valence-electron chi connectivity index (χ0n) is 8.22. The molecule has 1 aromatic carbocycles. The molecule has 0 bridgehead atoms. The van der Waals surface area contributed by atoms with Gasteiger partial charge in [-0.1, -0.05) is 51.5 Å². The second-order valence-corrected chi connectivity index (χ2v) is 3.92. The van der Waals surface area contributed by atoms with E-state index in [0.717, 1.165) is 0 Å². The van der Waals surface area contributed by atoms with Crippen molar-refractivity contribution in [3.8, 4) is 0 Å². The third-order valence-electron chi connectivity index (χ3n) is 2.37. The summed E-state index contributed by atoms with van der Waals surface area (Å²) in [6, 6.07) is 11.4. The minimum Gasteiger partial charge on any atom is -0.0654 e. The fourth-order valence-corrected chi connectivity index (χ4v) is 1.61. The lowest BCUT2D eigenvalue weighted by molar-refractivity contribution is 0.473. The Balaban J connectivity index is 2.82. The van der Waals surface area contributed by atoms with Crippen LogP contribution in [0.1, 0.15) is 39.2 Å². The summed E-state index contributed by atoms with van der Waals surface area (Å²) in [6.45, 7) is 6.83. The van der Waals surface area contributed by atoms with E-state index < -0.39 is 0 Å². The number of hydrogen-bond acceptors (Lipinski definition) is 0. The zero-order chi connectivity index (χ0) is 9.03. The Morgan fingerprint density at radius 3 is 2.33 bits per heavy atom. The van der Waals surface area contributed by atoms with Gasteiger partial charge in [-0.2, -0.15) is 0 Å². The van der Waals surface area contributed by atoms with Gasteiger partial charge in [-0.3, -0.25) is 0 Å². The van der Waals surface area contributed by atoms with E-state index in [1.165, 1.54) is 18.4 Å². The van der Waals surface area contributed by atoms with E-state index in [1.807, 2.05) is 12.1 Å². The predicted octanol–water partition coefficient (Wildman–Crippen LogP) is 3.56. The van der Waals surface area contributed by atoms with Crippen molar-refractivity contribution >= 4 is 0 Å². The molecule has 0 heteroatoms. The van der Waals surface area contributed by atoms with Crippen LogP contribution in [0.3, 0.4) is 0 Å². The standard InChI is InChI=1S/C12H17/c1-4-10-12(2,3)11-8-6-5-7-9-11/h6-9H,4,10H2,1-3H3. The predicted molar refractivity (Wildman–Crippen MR) is 53.2 cm³/mol. The van der Waals surface area contributed by atoms with Crippen LogP contribution in [-0.4, -0.2) is 0 Å². The largest absolute Gasteiger partial charge is 0.0654 e. The number of benzene rings is 1. The van der Waals surface area contributed by atoms with Crippen LogP contribution in [0, 0.1) is 6.07 Å². The molecule has 1 aromatic rings. The van der Waals surface area contributed by atoms with Crippen LogP contribution in [-0.2, 0) is 5.41 Å². The molecule has 0 fully saturated rings. The average Bonchev–Trinajstić information content (AvgIpc) is 2.06. The van der Waals surface area contributed by atoms with Crippen molar-refractivity contribution in [1.82, 2.24) is 0 Å². The van der Waals surface area contributed by atoms with Crippen molar-refractivity contribution < 1.29 is 0 Å². The maximum absolute atomic E-state index is 3.05. The van der Waals surface area contributed by atoms with Gasteiger partial charge in [-0.25, -0.2) is 0 Å². The Kier molecular flexibility index (Phi) is 2.91. The Bertz CT molecular complexity index is 221. The topological polar surface area (TPSA) is 0 Å². The molecule has 65 valence electrons. The molecule has 0 N–H and O–H groups in total. The van der Waals surface area contributed by atoms with Crippen LogP contribution in [0.15, 0.2) is 24.3 Å². The quantitative estimate of drug-likeness (QED) is 0.635. The highest BCUT2D eigenvalue weighted by molar-refractivity contribution is 5.22. The SMILES string of the molecule is CCCC(C)(C)c1cc[c]cc1. The maximum atomic E-state index is 3.05. The fourth-order valence-electron chi connectivity index (χ4n) is 1.61. The van der Waals surface area contributed by atoms with Gasteiger partial charge in [-0.15, -0.1) is 0 Å². The smallest absolute Gasteiger partial charge is 0.0104 e. The Hall–Kier alpha value is -0.780. The van der Waals surface area contributed by atoms with Crippen molar-refractivity contribution in [2.45, 2.75) is 39.0 Å². The van der Waals surface area contributed by atoms with Crippen LogP contribution in [0.5, 0.6) is 0 Å². The summed E-state index contributed by atoms with van der Waals surface area (Å²) in [7, 11) is 0. The normalized spacial score (nSPS) is 11.6. The van der Waals surface area contributed by atoms with Crippen LogP contribution in [0.4, 0.5) is 0 Å². The monoisotopic (exact) mass is 161 g/mol. The van der Waals surface area contributed by atoms with Gasteiger partial charge in [0.2, 0.25) is 0 Å². The van der Waals surface area contributed by atoms with E-state index in [4.69, 9.17) is 0 Å². The summed E-state index contributed by atoms with van der Waals surface area (Å²) >= 11 is 0. The molecule has 0 nitrogen and oxygen atoms in total. The Labute approximate surface area is 75.6 Å². The molecule has 0 aromatic heterocycles. The Morgan fingerprint density at radius 1 is 1.25 bits per heavy atom. The minimum atomic E-state index is 0.323. The lowest BCUT2D eigenvalue weighted by Gasteiger charge is -2.24. The van der Waals surface area contributed by atoms with Gasteiger partial charge < -0.3 is 0 Å². The highest BCUT2D eigenvalue weighted by atomic mass is 14.2. The molecule has 0 saturated heterocycles. The van der Waals surface area contributed by atoms with Gasteiger partial charge >= 0.3 is 0 Å². The second kappa shape index (κ2) is 3.75. The van der Waals surface area contributed by atoms with E-state index in [-0.39, 0.29) is 0 Å². The molecule has 0 unspecified atom stereocenters. The highest BCUT2D eigenvalue weighted by Crippen LogP contribution is 2.27. The maximum Gasteiger partial charge on any atom is -0.0104 e. The first-order valence-electron chi connectivity index (χ1n) is 4.63. The van der Waals surface area contributed by atoms with E-state index >= 15 is 0 Å². The van der Waals surface area contributed by atoms with Crippen LogP contribution in [0.2, 0.25) is 0 Å². The molecule has 0 spiro atoms. The molecule has 0 heterocycles. The summed E-state index contributed by atoms with van der Waals surface area (Å²) in [5.74, 6) is 0. The van der Waals surface area contributed by atoms with Gasteiger partial charge in [0.25, 0.3) is 0 Å². The molecular weight excluding hydrogens is 144 g/mol. The van der Waals surface area contributed by atoms with Gasteiger partial charge in [0.05, 0.1) is 0 Å². The first kappa shape index (κ1) is 9.31. The third-order valence-corrected chi connectivity index (χ3v) is 2.37. The molecule has 0 atom stereocenters. The lowest BCUT2D eigenvalue weighted by atomic mass is 9.81. The fraction of sp³-hybridized carbons (Fsp3) is 0.500. The molecular formula is C12H17. The van der Waals surface area contributed by atoms with Crippen LogP contribution in [0.25, 0.3) is 0 Å². The summed E-state index contributed by atoms with van der Waals surface area (Å²) in [5, 5.41) is 0. The Morgan fingerprint density at radius 2 is 1.83 bits per heavy atom. The average molecular weight is 161 g/mol. The van der Waals surface area contributed by atoms with E-state index in [2.05, 4.69) is 39.0 Å². The molecule has 1 rings (SSSR count). The van der Waals surface area contributed by atoms with Crippen molar-refractivity contribution in [1.29, 1.82) is 0 Å². The van der Waals surface area contributed by atoms with E-state index in [1.54, 1.807) is 0 Å². The lowest BCUT2D eigenvalue weighted by Crippen LogP contribution is -2.16. The number of hydrogen-bond donors (Lipinski definition) is 0. The molecule has 0 aliphatic rings. The van der Waals surface area contributed by atoms with Crippen LogP contribution < -0.4 is 0 Å². The summed E-state index contributed by atoms with van der Waals surface area (Å²) in [6.07, 6.45) is 2.49. The summed E-state index contributed by atoms with van der Waals surface area (Å²) < 4.78 is 0. The van der Waals surface area contributed by atoms with E-state index in [9.17, 15) is 0 Å². The van der Waals surface area contributed by atoms with Gasteiger partial charge in [-0.05, 0) is 23.5 Å².